The molecule has 0 aromatic carbocycles. The lowest BCUT2D eigenvalue weighted by molar-refractivity contribution is -0.118. The van der Waals surface area contributed by atoms with E-state index < -0.39 is 0 Å². The minimum Gasteiger partial charge on any atom is -0.468 e. The number of Topliss-reactive ketones (excluding diaryl/α,β-unsaturated/α-hetero) is 1. The number of carbonyl (C=O) groups excluding carboxylic acids is 1. The van der Waals surface area contributed by atoms with Gasteiger partial charge < -0.3 is 20.2 Å². The van der Waals surface area contributed by atoms with Crippen LogP contribution in [0.2, 0.25) is 0 Å². The number of dihydropyridines is 1. The van der Waals surface area contributed by atoms with Gasteiger partial charge in [-0.1, -0.05) is 13.8 Å². The first-order valence-electron chi connectivity index (χ1n) is 8.96. The SMILES string of the molecule is CN=CC1=C(COCCN)NC2=C(C(=O)CC(C)(C)C2)C1c1ccco1. The Bertz CT molecular complexity index is 757. The molecule has 1 aliphatic heterocycles. The average molecular weight is 357 g/mol. The third-order valence-corrected chi connectivity index (χ3v) is 4.77. The van der Waals surface area contributed by atoms with Crippen molar-refractivity contribution in [2.75, 3.05) is 26.8 Å². The second kappa shape index (κ2) is 7.60. The van der Waals surface area contributed by atoms with E-state index in [0.717, 1.165) is 34.7 Å². The number of hydrogen-bond acceptors (Lipinski definition) is 6. The highest BCUT2D eigenvalue weighted by atomic mass is 16.5. The Morgan fingerprint density at radius 2 is 2.27 bits per heavy atom. The third-order valence-electron chi connectivity index (χ3n) is 4.77. The largest absolute Gasteiger partial charge is 0.468 e. The van der Waals surface area contributed by atoms with Gasteiger partial charge in [-0.05, 0) is 24.0 Å². The Morgan fingerprint density at radius 1 is 1.46 bits per heavy atom. The van der Waals surface area contributed by atoms with E-state index >= 15 is 0 Å². The van der Waals surface area contributed by atoms with Gasteiger partial charge in [-0.3, -0.25) is 9.79 Å². The molecule has 3 N–H and O–H groups in total. The van der Waals surface area contributed by atoms with Gasteiger partial charge in [0.2, 0.25) is 0 Å². The molecular formula is C20H27N3O3. The summed E-state index contributed by atoms with van der Waals surface area (Å²) in [6, 6.07) is 3.76. The summed E-state index contributed by atoms with van der Waals surface area (Å²) in [7, 11) is 1.72. The zero-order valence-electron chi connectivity index (χ0n) is 15.7. The van der Waals surface area contributed by atoms with E-state index in [0.29, 0.717) is 26.2 Å². The quantitative estimate of drug-likeness (QED) is 0.603. The number of ether oxygens (including phenoxy) is 1. The lowest BCUT2D eigenvalue weighted by atomic mass is 9.69. The number of aliphatic imine (C=N–C) groups is 1. The Morgan fingerprint density at radius 3 is 2.92 bits per heavy atom. The van der Waals surface area contributed by atoms with E-state index in [4.69, 9.17) is 14.9 Å². The summed E-state index contributed by atoms with van der Waals surface area (Å²) >= 11 is 0. The van der Waals surface area contributed by atoms with Crippen molar-refractivity contribution in [2.24, 2.45) is 16.1 Å². The maximum atomic E-state index is 13.0. The molecular weight excluding hydrogens is 330 g/mol. The number of furan rings is 1. The molecule has 0 fully saturated rings. The van der Waals surface area contributed by atoms with Gasteiger partial charge in [0.1, 0.15) is 5.76 Å². The molecule has 2 aliphatic rings. The molecule has 1 unspecified atom stereocenters. The lowest BCUT2D eigenvalue weighted by Crippen LogP contribution is -2.38. The monoisotopic (exact) mass is 357 g/mol. The van der Waals surface area contributed by atoms with Crippen LogP contribution in [0.15, 0.2) is 50.3 Å². The molecule has 0 spiro atoms. The van der Waals surface area contributed by atoms with Crippen molar-refractivity contribution in [3.63, 3.8) is 0 Å². The van der Waals surface area contributed by atoms with Crippen LogP contribution in [0, 0.1) is 5.41 Å². The minimum atomic E-state index is -0.259. The van der Waals surface area contributed by atoms with Crippen LogP contribution in [-0.4, -0.2) is 38.8 Å². The van der Waals surface area contributed by atoms with E-state index in [1.807, 2.05) is 12.1 Å². The summed E-state index contributed by atoms with van der Waals surface area (Å²) in [4.78, 5) is 17.2. The number of nitrogens with two attached hydrogens (primary N) is 1. The van der Waals surface area contributed by atoms with Gasteiger partial charge in [-0.2, -0.15) is 0 Å². The van der Waals surface area contributed by atoms with E-state index in [1.54, 1.807) is 19.5 Å². The third kappa shape index (κ3) is 3.66. The number of allylic oxidation sites excluding steroid dienone is 3. The minimum absolute atomic E-state index is 0.0732. The van der Waals surface area contributed by atoms with Gasteiger partial charge in [-0.25, -0.2) is 0 Å². The predicted molar refractivity (Wildman–Crippen MR) is 101 cm³/mol. The summed E-state index contributed by atoms with van der Waals surface area (Å²) < 4.78 is 11.4. The van der Waals surface area contributed by atoms with E-state index in [1.165, 1.54) is 0 Å². The van der Waals surface area contributed by atoms with Crippen LogP contribution in [0.25, 0.3) is 0 Å². The summed E-state index contributed by atoms with van der Waals surface area (Å²) in [5, 5.41) is 3.47. The summed E-state index contributed by atoms with van der Waals surface area (Å²) in [5.74, 6) is 0.650. The second-order valence-corrected chi connectivity index (χ2v) is 7.57. The number of nitrogens with one attached hydrogen (secondary N) is 1. The molecule has 6 nitrogen and oxygen atoms in total. The Labute approximate surface area is 154 Å². The first kappa shape index (κ1) is 18.6. The summed E-state index contributed by atoms with van der Waals surface area (Å²) in [5.41, 5.74) is 9.05. The van der Waals surface area contributed by atoms with Gasteiger partial charge in [0.15, 0.2) is 5.78 Å². The number of rotatable bonds is 6. The molecule has 0 saturated carbocycles. The van der Waals surface area contributed by atoms with Crippen LogP contribution in [0.5, 0.6) is 0 Å². The molecule has 0 bridgehead atoms. The van der Waals surface area contributed by atoms with Crippen LogP contribution in [-0.2, 0) is 9.53 Å². The molecule has 3 rings (SSSR count). The van der Waals surface area contributed by atoms with Gasteiger partial charge in [0.25, 0.3) is 0 Å². The molecule has 6 heteroatoms. The lowest BCUT2D eigenvalue weighted by Gasteiger charge is -2.39. The first-order valence-corrected chi connectivity index (χ1v) is 8.96. The van der Waals surface area contributed by atoms with Crippen LogP contribution < -0.4 is 11.1 Å². The van der Waals surface area contributed by atoms with Crippen molar-refractivity contribution in [3.8, 4) is 0 Å². The van der Waals surface area contributed by atoms with Gasteiger partial charge in [0.05, 0.1) is 25.4 Å². The van der Waals surface area contributed by atoms with E-state index in [2.05, 4.69) is 24.2 Å². The Kier molecular flexibility index (Phi) is 5.44. The number of ketones is 1. The van der Waals surface area contributed by atoms with Crippen molar-refractivity contribution in [1.29, 1.82) is 0 Å². The van der Waals surface area contributed by atoms with Crippen molar-refractivity contribution in [3.05, 3.63) is 46.7 Å². The highest BCUT2D eigenvalue weighted by Gasteiger charge is 2.42. The first-order chi connectivity index (χ1) is 12.5. The predicted octanol–water partition coefficient (Wildman–Crippen LogP) is 2.54. The average Bonchev–Trinajstić information content (AvgIpc) is 3.09. The van der Waals surface area contributed by atoms with Crippen molar-refractivity contribution in [2.45, 2.75) is 32.6 Å². The zero-order chi connectivity index (χ0) is 18.7. The zero-order valence-corrected chi connectivity index (χ0v) is 15.7. The number of hydrogen-bond donors (Lipinski definition) is 2. The highest BCUT2D eigenvalue weighted by molar-refractivity contribution is 6.02. The molecule has 26 heavy (non-hydrogen) atoms. The van der Waals surface area contributed by atoms with Crippen LogP contribution in [0.3, 0.4) is 0 Å². The summed E-state index contributed by atoms with van der Waals surface area (Å²) in [6.45, 7) is 5.57. The maximum Gasteiger partial charge on any atom is 0.162 e. The van der Waals surface area contributed by atoms with Crippen molar-refractivity contribution >= 4 is 12.0 Å². The van der Waals surface area contributed by atoms with Gasteiger partial charge in [-0.15, -0.1) is 0 Å². The van der Waals surface area contributed by atoms with Crippen LogP contribution in [0.1, 0.15) is 38.4 Å². The molecule has 1 aromatic rings. The van der Waals surface area contributed by atoms with Crippen molar-refractivity contribution < 1.29 is 13.9 Å². The molecule has 1 aliphatic carbocycles. The molecule has 140 valence electrons. The van der Waals surface area contributed by atoms with Crippen LogP contribution in [0.4, 0.5) is 0 Å². The molecule has 2 heterocycles. The molecule has 0 amide bonds. The van der Waals surface area contributed by atoms with Crippen LogP contribution >= 0.6 is 0 Å². The fraction of sp³-hybridized carbons (Fsp3) is 0.500. The fourth-order valence-corrected chi connectivity index (χ4v) is 3.78. The Hall–Kier alpha value is -2.18. The highest BCUT2D eigenvalue weighted by Crippen LogP contribution is 2.46. The topological polar surface area (TPSA) is 89.9 Å². The maximum absolute atomic E-state index is 13.0. The summed E-state index contributed by atoms with van der Waals surface area (Å²) in [6.07, 6.45) is 4.76. The van der Waals surface area contributed by atoms with Gasteiger partial charge >= 0.3 is 0 Å². The normalized spacial score (nSPS) is 22.8. The molecule has 1 aromatic heterocycles. The number of nitrogens with zero attached hydrogens (tertiary/aromatic N) is 1. The molecule has 0 saturated heterocycles. The molecule has 1 atom stereocenters. The smallest absolute Gasteiger partial charge is 0.162 e. The van der Waals surface area contributed by atoms with Crippen molar-refractivity contribution in [1.82, 2.24) is 5.32 Å². The standard InChI is InChI=1S/C20H27N3O3/c1-20(2)9-14-19(16(24)10-20)18(17-5-4-7-26-17)13(11-22-3)15(23-14)12-25-8-6-21/h4-5,7,11,18,23H,6,8-10,12,21H2,1-3H3. The second-order valence-electron chi connectivity index (χ2n) is 7.57. The number of carbonyl (C=O) groups is 1. The van der Waals surface area contributed by atoms with Gasteiger partial charge in [0, 0.05) is 48.8 Å². The van der Waals surface area contributed by atoms with E-state index in [-0.39, 0.29) is 17.1 Å². The van der Waals surface area contributed by atoms with E-state index in [9.17, 15) is 4.79 Å². The fourth-order valence-electron chi connectivity index (χ4n) is 3.78. The Balaban J connectivity index is 2.08. The molecule has 0 radical (unpaired) electrons.